The third-order valence-corrected chi connectivity index (χ3v) is 4.07. The number of hydrogen-bond acceptors (Lipinski definition) is 3. The van der Waals surface area contributed by atoms with Gasteiger partial charge >= 0.3 is 0 Å². The second-order valence-corrected chi connectivity index (χ2v) is 6.06. The van der Waals surface area contributed by atoms with Crippen molar-refractivity contribution in [2.45, 2.75) is 26.8 Å². The lowest BCUT2D eigenvalue weighted by Gasteiger charge is -2.12. The highest BCUT2D eigenvalue weighted by Gasteiger charge is 2.07. The Hall–Kier alpha value is -1.87. The molecule has 1 heterocycles. The molecule has 27 heavy (non-hydrogen) atoms. The van der Waals surface area contributed by atoms with Crippen LogP contribution in [-0.2, 0) is 11.3 Å². The fourth-order valence-electron chi connectivity index (χ4n) is 2.24. The monoisotopic (exact) mass is 501 g/mol. The predicted molar refractivity (Wildman–Crippen MR) is 122 cm³/mol. The molecule has 0 radical (unpaired) electrons. The topological polar surface area (TPSA) is 78.4 Å². The van der Waals surface area contributed by atoms with Crippen molar-refractivity contribution in [3.8, 4) is 0 Å². The molecule has 146 valence electrons. The number of benzene rings is 1. The Kier molecular flexibility index (Phi) is 10.7. The molecule has 0 aliphatic heterocycles. The number of aliphatic imine (C=N–C) groups is 1. The molecule has 2 aromatic rings. The summed E-state index contributed by atoms with van der Waals surface area (Å²) < 4.78 is 0. The van der Waals surface area contributed by atoms with Crippen molar-refractivity contribution in [1.29, 1.82) is 0 Å². The lowest BCUT2D eigenvalue weighted by Crippen LogP contribution is -2.38. The number of amides is 1. The van der Waals surface area contributed by atoms with Crippen LogP contribution in [0.1, 0.15) is 24.6 Å². The van der Waals surface area contributed by atoms with E-state index >= 15 is 0 Å². The molecule has 0 saturated heterocycles. The second kappa shape index (κ2) is 12.5. The highest BCUT2D eigenvalue weighted by Crippen LogP contribution is 2.22. The average molecular weight is 502 g/mol. The number of guanidine groups is 1. The van der Waals surface area contributed by atoms with Gasteiger partial charge in [0.05, 0.1) is 12.2 Å². The van der Waals surface area contributed by atoms with E-state index in [1.54, 1.807) is 12.3 Å². The molecule has 0 aliphatic rings. The van der Waals surface area contributed by atoms with Gasteiger partial charge < -0.3 is 16.0 Å². The summed E-state index contributed by atoms with van der Waals surface area (Å²) in [6, 6.07) is 11.2. The molecule has 0 bridgehead atoms. The number of carbonyl (C=O) groups excluding carboxylic acids is 1. The second-order valence-electron chi connectivity index (χ2n) is 5.65. The number of carbonyl (C=O) groups is 1. The zero-order valence-corrected chi connectivity index (χ0v) is 18.5. The molecule has 8 heteroatoms. The van der Waals surface area contributed by atoms with Crippen LogP contribution in [0, 0.1) is 6.92 Å². The molecule has 2 rings (SSSR count). The molecule has 1 amide bonds. The summed E-state index contributed by atoms with van der Waals surface area (Å²) in [6.07, 6.45) is 2.06. The van der Waals surface area contributed by atoms with Crippen molar-refractivity contribution >= 4 is 53.1 Å². The van der Waals surface area contributed by atoms with E-state index in [4.69, 9.17) is 11.6 Å². The Morgan fingerprint density at radius 1 is 1.19 bits per heavy atom. The van der Waals surface area contributed by atoms with E-state index in [1.807, 2.05) is 44.2 Å². The first-order valence-electron chi connectivity index (χ1n) is 8.57. The van der Waals surface area contributed by atoms with Crippen molar-refractivity contribution in [3.63, 3.8) is 0 Å². The standard InChI is InChI=1S/C19H24ClN5O.HI/c1-3-21-19(24-13-15-7-4-5-11-22-15)23-12-10-18(26)25-17-9-6-8-16(20)14(17)2;/h4-9,11H,3,10,12-13H2,1-2H3,(H,25,26)(H2,21,23,24);1H. The van der Waals surface area contributed by atoms with Crippen LogP contribution in [0.15, 0.2) is 47.6 Å². The SMILES string of the molecule is CCNC(=NCc1ccccn1)NCCC(=O)Nc1cccc(Cl)c1C.I. The van der Waals surface area contributed by atoms with Gasteiger partial charge in [-0.1, -0.05) is 23.7 Å². The van der Waals surface area contributed by atoms with Gasteiger partial charge in [0.1, 0.15) is 0 Å². The molecule has 1 aromatic carbocycles. The fraction of sp³-hybridized carbons (Fsp3) is 0.316. The maximum absolute atomic E-state index is 12.1. The highest BCUT2D eigenvalue weighted by atomic mass is 127. The normalized spacial score (nSPS) is 10.7. The van der Waals surface area contributed by atoms with E-state index in [0.717, 1.165) is 23.5 Å². The zero-order chi connectivity index (χ0) is 18.8. The number of hydrogen-bond donors (Lipinski definition) is 3. The smallest absolute Gasteiger partial charge is 0.226 e. The third kappa shape index (κ3) is 8.13. The van der Waals surface area contributed by atoms with Crippen LogP contribution >= 0.6 is 35.6 Å². The summed E-state index contributed by atoms with van der Waals surface area (Å²) in [5.74, 6) is 0.577. The van der Waals surface area contributed by atoms with Gasteiger partial charge in [-0.05, 0) is 43.7 Å². The van der Waals surface area contributed by atoms with E-state index < -0.39 is 0 Å². The number of anilines is 1. The Bertz CT molecular complexity index is 755. The summed E-state index contributed by atoms with van der Waals surface area (Å²) >= 11 is 6.07. The van der Waals surface area contributed by atoms with E-state index in [2.05, 4.69) is 25.9 Å². The van der Waals surface area contributed by atoms with Crippen molar-refractivity contribution in [3.05, 3.63) is 58.9 Å². The van der Waals surface area contributed by atoms with Gasteiger partial charge in [-0.15, -0.1) is 24.0 Å². The van der Waals surface area contributed by atoms with Crippen molar-refractivity contribution in [1.82, 2.24) is 15.6 Å². The maximum atomic E-state index is 12.1. The highest BCUT2D eigenvalue weighted by molar-refractivity contribution is 14.0. The van der Waals surface area contributed by atoms with Gasteiger partial charge in [0.15, 0.2) is 5.96 Å². The number of nitrogens with zero attached hydrogens (tertiary/aromatic N) is 2. The fourth-order valence-corrected chi connectivity index (χ4v) is 2.42. The number of halogens is 2. The van der Waals surface area contributed by atoms with Gasteiger partial charge in [0.2, 0.25) is 5.91 Å². The van der Waals surface area contributed by atoms with Crippen LogP contribution in [0.3, 0.4) is 0 Å². The van der Waals surface area contributed by atoms with Crippen LogP contribution in [0.5, 0.6) is 0 Å². The Morgan fingerprint density at radius 2 is 2.00 bits per heavy atom. The van der Waals surface area contributed by atoms with E-state index in [1.165, 1.54) is 0 Å². The number of rotatable bonds is 7. The van der Waals surface area contributed by atoms with Gasteiger partial charge in [0.25, 0.3) is 0 Å². The molecule has 0 saturated carbocycles. The summed E-state index contributed by atoms with van der Waals surface area (Å²) in [4.78, 5) is 20.8. The van der Waals surface area contributed by atoms with Crippen LogP contribution in [-0.4, -0.2) is 29.9 Å². The Morgan fingerprint density at radius 3 is 2.70 bits per heavy atom. The van der Waals surface area contributed by atoms with E-state index in [-0.39, 0.29) is 29.9 Å². The number of nitrogens with one attached hydrogen (secondary N) is 3. The Balaban J connectivity index is 0.00000364. The quantitative estimate of drug-likeness (QED) is 0.307. The predicted octanol–water partition coefficient (Wildman–Crippen LogP) is 3.75. The molecule has 1 aromatic heterocycles. The van der Waals surface area contributed by atoms with Gasteiger partial charge in [-0.3, -0.25) is 9.78 Å². The van der Waals surface area contributed by atoms with E-state index in [0.29, 0.717) is 30.5 Å². The first kappa shape index (κ1) is 23.2. The lowest BCUT2D eigenvalue weighted by molar-refractivity contribution is -0.116. The largest absolute Gasteiger partial charge is 0.357 e. The molecule has 0 spiro atoms. The Labute approximate surface area is 182 Å². The summed E-state index contributed by atoms with van der Waals surface area (Å²) in [7, 11) is 0. The number of pyridine rings is 1. The number of aromatic nitrogens is 1. The van der Waals surface area contributed by atoms with Crippen LogP contribution in [0.2, 0.25) is 5.02 Å². The first-order valence-corrected chi connectivity index (χ1v) is 8.95. The van der Waals surface area contributed by atoms with E-state index in [9.17, 15) is 4.79 Å². The molecule has 6 nitrogen and oxygen atoms in total. The van der Waals surface area contributed by atoms with Crippen LogP contribution in [0.25, 0.3) is 0 Å². The minimum Gasteiger partial charge on any atom is -0.357 e. The molecular formula is C19H25ClIN5O. The summed E-state index contributed by atoms with van der Waals surface area (Å²) in [5.41, 5.74) is 2.48. The molecule has 0 atom stereocenters. The minimum atomic E-state index is -0.0801. The third-order valence-electron chi connectivity index (χ3n) is 3.66. The van der Waals surface area contributed by atoms with Gasteiger partial charge in [-0.25, -0.2) is 4.99 Å². The summed E-state index contributed by atoms with van der Waals surface area (Å²) in [6.45, 7) is 5.56. The van der Waals surface area contributed by atoms with Crippen molar-refractivity contribution in [2.75, 3.05) is 18.4 Å². The van der Waals surface area contributed by atoms with Crippen molar-refractivity contribution in [2.24, 2.45) is 4.99 Å². The molecule has 0 unspecified atom stereocenters. The summed E-state index contributed by atoms with van der Waals surface area (Å²) in [5, 5.41) is 9.83. The minimum absolute atomic E-state index is 0. The molecule has 3 N–H and O–H groups in total. The van der Waals surface area contributed by atoms with Gasteiger partial charge in [0, 0.05) is 36.4 Å². The molecule has 0 aliphatic carbocycles. The van der Waals surface area contributed by atoms with Crippen molar-refractivity contribution < 1.29 is 4.79 Å². The average Bonchev–Trinajstić information content (AvgIpc) is 2.64. The first-order chi connectivity index (χ1) is 12.6. The van der Waals surface area contributed by atoms with Crippen LogP contribution in [0.4, 0.5) is 5.69 Å². The molecular weight excluding hydrogens is 477 g/mol. The maximum Gasteiger partial charge on any atom is 0.226 e. The lowest BCUT2D eigenvalue weighted by atomic mass is 10.2. The van der Waals surface area contributed by atoms with Gasteiger partial charge in [-0.2, -0.15) is 0 Å². The molecule has 0 fully saturated rings. The zero-order valence-electron chi connectivity index (χ0n) is 15.5. The van der Waals surface area contributed by atoms with Crippen LogP contribution < -0.4 is 16.0 Å².